The van der Waals surface area contributed by atoms with Gasteiger partial charge in [0.2, 0.25) is 0 Å². The number of hydrogen-bond acceptors (Lipinski definition) is 3. The van der Waals surface area contributed by atoms with Crippen molar-refractivity contribution in [3.63, 3.8) is 0 Å². The van der Waals surface area contributed by atoms with Crippen molar-refractivity contribution in [1.82, 2.24) is 5.32 Å². The quantitative estimate of drug-likeness (QED) is 0.908. The molecule has 102 valence electrons. The van der Waals surface area contributed by atoms with Gasteiger partial charge in [-0.2, -0.15) is 5.26 Å². The summed E-state index contributed by atoms with van der Waals surface area (Å²) in [4.78, 5) is 0. The van der Waals surface area contributed by atoms with Crippen LogP contribution >= 0.6 is 0 Å². The molecule has 0 saturated carbocycles. The van der Waals surface area contributed by atoms with Crippen molar-refractivity contribution >= 4 is 0 Å². The lowest BCUT2D eigenvalue weighted by Crippen LogP contribution is -2.04. The van der Waals surface area contributed by atoms with E-state index in [0.29, 0.717) is 6.61 Å². The van der Waals surface area contributed by atoms with Gasteiger partial charge >= 0.3 is 0 Å². The first kappa shape index (κ1) is 14.0. The number of benzene rings is 2. The Labute approximate surface area is 117 Å². The Hall–Kier alpha value is -2.38. The molecule has 20 heavy (non-hydrogen) atoms. The first-order chi connectivity index (χ1) is 9.72. The summed E-state index contributed by atoms with van der Waals surface area (Å²) in [5, 5.41) is 11.8. The molecule has 0 aromatic heterocycles. The molecule has 0 radical (unpaired) electrons. The van der Waals surface area contributed by atoms with Gasteiger partial charge in [-0.25, -0.2) is 4.39 Å². The van der Waals surface area contributed by atoms with Crippen LogP contribution in [0.5, 0.6) is 5.75 Å². The lowest BCUT2D eigenvalue weighted by molar-refractivity contribution is 0.306. The predicted molar refractivity (Wildman–Crippen MR) is 74.7 cm³/mol. The topological polar surface area (TPSA) is 45.0 Å². The molecule has 2 rings (SSSR count). The Bertz CT molecular complexity index is 617. The van der Waals surface area contributed by atoms with Crippen molar-refractivity contribution in [3.8, 4) is 11.8 Å². The Morgan fingerprint density at radius 2 is 1.85 bits per heavy atom. The zero-order valence-electron chi connectivity index (χ0n) is 11.2. The summed E-state index contributed by atoms with van der Waals surface area (Å²) < 4.78 is 18.8. The van der Waals surface area contributed by atoms with Crippen molar-refractivity contribution in [1.29, 1.82) is 5.26 Å². The first-order valence-corrected chi connectivity index (χ1v) is 6.28. The van der Waals surface area contributed by atoms with Crippen molar-refractivity contribution in [2.75, 3.05) is 7.05 Å². The molecule has 0 heterocycles. The second kappa shape index (κ2) is 6.69. The molecule has 4 heteroatoms. The summed E-state index contributed by atoms with van der Waals surface area (Å²) >= 11 is 0. The van der Waals surface area contributed by atoms with Gasteiger partial charge in [-0.05, 0) is 42.4 Å². The summed E-state index contributed by atoms with van der Waals surface area (Å²) in [5.74, 6) is 0.236. The Balaban J connectivity index is 2.00. The molecule has 0 amide bonds. The number of halogens is 1. The zero-order valence-corrected chi connectivity index (χ0v) is 11.2. The van der Waals surface area contributed by atoms with E-state index in [1.54, 1.807) is 6.07 Å². The van der Waals surface area contributed by atoms with E-state index in [1.165, 1.54) is 17.7 Å². The fraction of sp³-hybridized carbons (Fsp3) is 0.188. The lowest BCUT2D eigenvalue weighted by Gasteiger charge is -2.08. The van der Waals surface area contributed by atoms with Crippen molar-refractivity contribution in [2.24, 2.45) is 0 Å². The van der Waals surface area contributed by atoms with Gasteiger partial charge < -0.3 is 10.1 Å². The maximum Gasteiger partial charge on any atom is 0.140 e. The Morgan fingerprint density at radius 1 is 1.15 bits per heavy atom. The number of nitrogens with one attached hydrogen (secondary N) is 1. The Kier molecular flexibility index (Phi) is 4.70. The SMILES string of the molecule is CNCc1ccc(OCc2ccc(F)c(C#N)c2)cc1. The van der Waals surface area contributed by atoms with Gasteiger partial charge in [0.25, 0.3) is 0 Å². The second-order valence-corrected chi connectivity index (χ2v) is 4.39. The lowest BCUT2D eigenvalue weighted by atomic mass is 10.1. The molecule has 0 unspecified atom stereocenters. The zero-order chi connectivity index (χ0) is 14.4. The van der Waals surface area contributed by atoms with Crippen LogP contribution in [0, 0.1) is 17.1 Å². The van der Waals surface area contributed by atoms with Crippen LogP contribution in [0.1, 0.15) is 16.7 Å². The Morgan fingerprint density at radius 3 is 2.50 bits per heavy atom. The summed E-state index contributed by atoms with van der Waals surface area (Å²) in [7, 11) is 1.89. The van der Waals surface area contributed by atoms with Crippen molar-refractivity contribution < 1.29 is 9.13 Å². The van der Waals surface area contributed by atoms with Crippen LogP contribution in [0.4, 0.5) is 4.39 Å². The van der Waals surface area contributed by atoms with Gasteiger partial charge in [0, 0.05) is 6.54 Å². The van der Waals surface area contributed by atoms with Crippen LogP contribution in [0.15, 0.2) is 42.5 Å². The van der Waals surface area contributed by atoms with Crippen molar-refractivity contribution in [3.05, 3.63) is 65.0 Å². The third-order valence-electron chi connectivity index (χ3n) is 2.86. The fourth-order valence-corrected chi connectivity index (χ4v) is 1.82. The third kappa shape index (κ3) is 3.56. The molecule has 3 nitrogen and oxygen atoms in total. The molecule has 0 atom stereocenters. The molecule has 0 aliphatic heterocycles. The van der Waals surface area contributed by atoms with Crippen LogP contribution < -0.4 is 10.1 Å². The highest BCUT2D eigenvalue weighted by atomic mass is 19.1. The maximum absolute atomic E-state index is 13.2. The van der Waals surface area contributed by atoms with E-state index in [9.17, 15) is 4.39 Å². The standard InChI is InChI=1S/C16H15FN2O/c1-19-10-12-2-5-15(6-3-12)20-11-13-4-7-16(17)14(8-13)9-18/h2-8,19H,10-11H2,1H3. The summed E-state index contributed by atoms with van der Waals surface area (Å²) in [6, 6.07) is 14.0. The molecular weight excluding hydrogens is 255 g/mol. The summed E-state index contributed by atoms with van der Waals surface area (Å²) in [6.45, 7) is 1.12. The van der Waals surface area contributed by atoms with Crippen LogP contribution in [0.2, 0.25) is 0 Å². The highest BCUT2D eigenvalue weighted by Crippen LogP contribution is 2.15. The van der Waals surface area contributed by atoms with E-state index in [1.807, 2.05) is 37.4 Å². The van der Waals surface area contributed by atoms with E-state index in [-0.39, 0.29) is 5.56 Å². The van der Waals surface area contributed by atoms with Gasteiger partial charge in [0.15, 0.2) is 0 Å². The molecule has 0 saturated heterocycles. The molecule has 1 N–H and O–H groups in total. The minimum absolute atomic E-state index is 0.0375. The summed E-state index contributed by atoms with van der Waals surface area (Å²) in [5.41, 5.74) is 1.98. The normalized spacial score (nSPS) is 10.1. The molecule has 0 fully saturated rings. The average Bonchev–Trinajstić information content (AvgIpc) is 2.48. The molecule has 0 aliphatic rings. The first-order valence-electron chi connectivity index (χ1n) is 6.28. The molecule has 0 spiro atoms. The number of nitrogens with zero attached hydrogens (tertiary/aromatic N) is 1. The maximum atomic E-state index is 13.2. The minimum atomic E-state index is -0.507. The van der Waals surface area contributed by atoms with Gasteiger partial charge in [0.05, 0.1) is 5.56 Å². The van der Waals surface area contributed by atoms with E-state index in [0.717, 1.165) is 17.9 Å². The van der Waals surface area contributed by atoms with Crippen molar-refractivity contribution in [2.45, 2.75) is 13.2 Å². The van der Waals surface area contributed by atoms with E-state index < -0.39 is 5.82 Å². The molecule has 2 aromatic rings. The highest BCUT2D eigenvalue weighted by Gasteiger charge is 2.03. The van der Waals surface area contributed by atoms with Gasteiger partial charge in [-0.3, -0.25) is 0 Å². The number of nitriles is 1. The monoisotopic (exact) mass is 270 g/mol. The highest BCUT2D eigenvalue weighted by molar-refractivity contribution is 5.34. The predicted octanol–water partition coefficient (Wildman–Crippen LogP) is 3.00. The van der Waals surface area contributed by atoms with Gasteiger partial charge in [-0.15, -0.1) is 0 Å². The van der Waals surface area contributed by atoms with Gasteiger partial charge in [-0.1, -0.05) is 18.2 Å². The largest absolute Gasteiger partial charge is 0.489 e. The second-order valence-electron chi connectivity index (χ2n) is 4.39. The van der Waals surface area contributed by atoms with E-state index >= 15 is 0 Å². The molecule has 2 aromatic carbocycles. The van der Waals surface area contributed by atoms with Crippen LogP contribution in [0.3, 0.4) is 0 Å². The molecule has 0 aliphatic carbocycles. The van der Waals surface area contributed by atoms with Gasteiger partial charge in [0.1, 0.15) is 24.2 Å². The number of rotatable bonds is 5. The average molecular weight is 270 g/mol. The van der Waals surface area contributed by atoms with Crippen LogP contribution in [-0.2, 0) is 13.2 Å². The number of ether oxygens (including phenoxy) is 1. The number of hydrogen-bond donors (Lipinski definition) is 1. The van der Waals surface area contributed by atoms with E-state index in [2.05, 4.69) is 5.32 Å². The third-order valence-corrected chi connectivity index (χ3v) is 2.86. The van der Waals surface area contributed by atoms with E-state index in [4.69, 9.17) is 10.00 Å². The van der Waals surface area contributed by atoms with Crippen LogP contribution in [0.25, 0.3) is 0 Å². The van der Waals surface area contributed by atoms with Crippen LogP contribution in [-0.4, -0.2) is 7.05 Å². The smallest absolute Gasteiger partial charge is 0.140 e. The molecular formula is C16H15FN2O. The fourth-order valence-electron chi connectivity index (χ4n) is 1.82. The summed E-state index contributed by atoms with van der Waals surface area (Å²) in [6.07, 6.45) is 0. The minimum Gasteiger partial charge on any atom is -0.489 e. The molecule has 0 bridgehead atoms.